The Hall–Kier alpha value is -2.53. The van der Waals surface area contributed by atoms with Gasteiger partial charge in [-0.1, -0.05) is 30.3 Å². The van der Waals surface area contributed by atoms with Crippen LogP contribution in [0.5, 0.6) is 5.75 Å². The Balaban J connectivity index is 1.39. The molecule has 2 aliphatic heterocycles. The minimum Gasteiger partial charge on any atom is -0.489 e. The summed E-state index contributed by atoms with van der Waals surface area (Å²) in [6.07, 6.45) is 0. The van der Waals surface area contributed by atoms with Crippen LogP contribution in [0.15, 0.2) is 42.5 Å². The molecule has 23 heavy (non-hydrogen) atoms. The first-order valence-corrected chi connectivity index (χ1v) is 7.65. The predicted molar refractivity (Wildman–Crippen MR) is 84.6 cm³/mol. The summed E-state index contributed by atoms with van der Waals surface area (Å²) in [5.74, 6) is 0.451. The molecule has 118 valence electrons. The maximum Gasteiger partial charge on any atom is 0.339 e. The number of nitrogens with one attached hydrogen (secondary N) is 1. The van der Waals surface area contributed by atoms with E-state index in [2.05, 4.69) is 5.32 Å². The van der Waals surface area contributed by atoms with Crippen LogP contribution in [0, 0.1) is 0 Å². The second kappa shape index (κ2) is 5.93. The number of rotatable bonds is 4. The third kappa shape index (κ3) is 2.75. The lowest BCUT2D eigenvalue weighted by Crippen LogP contribution is -2.35. The van der Waals surface area contributed by atoms with Crippen LogP contribution in [0.4, 0.5) is 5.69 Å². The van der Waals surface area contributed by atoms with Crippen LogP contribution in [-0.4, -0.2) is 25.2 Å². The highest BCUT2D eigenvalue weighted by Gasteiger charge is 2.30. The van der Waals surface area contributed by atoms with E-state index in [-0.39, 0.29) is 18.6 Å². The van der Waals surface area contributed by atoms with Gasteiger partial charge in [-0.2, -0.15) is 0 Å². The Morgan fingerprint density at radius 2 is 2.00 bits per heavy atom. The highest BCUT2D eigenvalue weighted by molar-refractivity contribution is 5.95. The lowest BCUT2D eigenvalue weighted by molar-refractivity contribution is 0.0533. The number of carbonyl (C=O) groups is 1. The van der Waals surface area contributed by atoms with Gasteiger partial charge in [0.25, 0.3) is 0 Å². The van der Waals surface area contributed by atoms with E-state index in [0.717, 1.165) is 22.6 Å². The number of cyclic esters (lactones) is 1. The normalized spacial score (nSPS) is 18.4. The average Bonchev–Trinajstić information content (AvgIpc) is 2.97. The fraction of sp³-hybridized carbons (Fsp3) is 0.278. The molecule has 2 aromatic rings. The zero-order valence-electron chi connectivity index (χ0n) is 12.6. The molecule has 0 amide bonds. The molecule has 0 unspecified atom stereocenters. The summed E-state index contributed by atoms with van der Waals surface area (Å²) in [6, 6.07) is 13.8. The Morgan fingerprint density at radius 1 is 1.13 bits per heavy atom. The molecular weight excluding hydrogens is 294 g/mol. The molecule has 2 heterocycles. The third-order valence-electron chi connectivity index (χ3n) is 4.05. The molecular formula is C18H17NO4. The summed E-state index contributed by atoms with van der Waals surface area (Å²) < 4.78 is 16.7. The van der Waals surface area contributed by atoms with Gasteiger partial charge in [-0.05, 0) is 17.7 Å². The molecule has 1 N–H and O–H groups in total. The quantitative estimate of drug-likeness (QED) is 0.880. The molecule has 0 bridgehead atoms. The van der Waals surface area contributed by atoms with Gasteiger partial charge in [0.2, 0.25) is 0 Å². The molecule has 4 rings (SSSR count). The molecule has 2 aliphatic rings. The lowest BCUT2D eigenvalue weighted by Gasteiger charge is -2.28. The Kier molecular flexibility index (Phi) is 3.63. The Morgan fingerprint density at radius 3 is 2.87 bits per heavy atom. The van der Waals surface area contributed by atoms with Crippen molar-refractivity contribution in [3.8, 4) is 5.75 Å². The smallest absolute Gasteiger partial charge is 0.339 e. The number of carbonyl (C=O) groups excluding carboxylic acids is 1. The lowest BCUT2D eigenvalue weighted by atomic mass is 10.1. The zero-order valence-corrected chi connectivity index (χ0v) is 12.6. The van der Waals surface area contributed by atoms with Gasteiger partial charge in [0.1, 0.15) is 19.0 Å². The minimum absolute atomic E-state index is 0.0854. The van der Waals surface area contributed by atoms with Crippen molar-refractivity contribution in [2.75, 3.05) is 18.5 Å². The molecule has 2 aromatic carbocycles. The standard InChI is InChI=1S/C18H17NO4/c20-18-14-6-7-16-17(15(14)11-23-18)22-10-13(19-16)9-21-8-12-4-2-1-3-5-12/h1-7,13,19H,8-11H2/t13-/m0/s1. The van der Waals surface area contributed by atoms with Crippen molar-refractivity contribution in [2.45, 2.75) is 19.3 Å². The summed E-state index contributed by atoms with van der Waals surface area (Å²) in [5, 5.41) is 3.41. The number of esters is 1. The number of fused-ring (bicyclic) bond motifs is 3. The van der Waals surface area contributed by atoms with Crippen LogP contribution in [0.3, 0.4) is 0 Å². The van der Waals surface area contributed by atoms with Crippen molar-refractivity contribution in [2.24, 2.45) is 0 Å². The van der Waals surface area contributed by atoms with Crippen LogP contribution in [0.25, 0.3) is 0 Å². The van der Waals surface area contributed by atoms with E-state index in [4.69, 9.17) is 14.2 Å². The van der Waals surface area contributed by atoms with Crippen LogP contribution in [-0.2, 0) is 22.7 Å². The molecule has 5 heteroatoms. The van der Waals surface area contributed by atoms with Crippen molar-refractivity contribution in [3.05, 3.63) is 59.2 Å². The van der Waals surface area contributed by atoms with Gasteiger partial charge >= 0.3 is 5.97 Å². The largest absolute Gasteiger partial charge is 0.489 e. The number of ether oxygens (including phenoxy) is 3. The SMILES string of the molecule is O=C1OCc2c1ccc1c2OC[C@H](COCc2ccccc2)N1. The van der Waals surface area contributed by atoms with Crippen LogP contribution >= 0.6 is 0 Å². The highest BCUT2D eigenvalue weighted by Crippen LogP contribution is 2.38. The van der Waals surface area contributed by atoms with Gasteiger partial charge in [0.05, 0.1) is 30.5 Å². The van der Waals surface area contributed by atoms with E-state index in [9.17, 15) is 4.79 Å². The van der Waals surface area contributed by atoms with Crippen LogP contribution in [0.2, 0.25) is 0 Å². The molecule has 0 fully saturated rings. The van der Waals surface area contributed by atoms with E-state index in [1.54, 1.807) is 6.07 Å². The van der Waals surface area contributed by atoms with Gasteiger partial charge in [-0.15, -0.1) is 0 Å². The molecule has 0 radical (unpaired) electrons. The molecule has 0 aromatic heterocycles. The van der Waals surface area contributed by atoms with Crippen molar-refractivity contribution >= 4 is 11.7 Å². The second-order valence-electron chi connectivity index (χ2n) is 5.70. The van der Waals surface area contributed by atoms with Gasteiger partial charge in [-0.3, -0.25) is 0 Å². The first-order valence-electron chi connectivity index (χ1n) is 7.65. The Labute approximate surface area is 134 Å². The van der Waals surface area contributed by atoms with E-state index in [0.29, 0.717) is 25.4 Å². The summed E-state index contributed by atoms with van der Waals surface area (Å²) in [4.78, 5) is 11.6. The van der Waals surface area contributed by atoms with Crippen molar-refractivity contribution in [1.82, 2.24) is 0 Å². The summed E-state index contributed by atoms with van der Waals surface area (Å²) >= 11 is 0. The van der Waals surface area contributed by atoms with Gasteiger partial charge in [0.15, 0.2) is 0 Å². The van der Waals surface area contributed by atoms with Crippen molar-refractivity contribution in [3.63, 3.8) is 0 Å². The fourth-order valence-electron chi connectivity index (χ4n) is 2.88. The molecule has 0 spiro atoms. The molecule has 0 saturated heterocycles. The van der Waals surface area contributed by atoms with Crippen molar-refractivity contribution in [1.29, 1.82) is 0 Å². The van der Waals surface area contributed by atoms with Gasteiger partial charge < -0.3 is 19.5 Å². The van der Waals surface area contributed by atoms with Gasteiger partial charge in [0, 0.05) is 5.56 Å². The molecule has 5 nitrogen and oxygen atoms in total. The van der Waals surface area contributed by atoms with E-state index in [1.807, 2.05) is 36.4 Å². The van der Waals surface area contributed by atoms with Crippen LogP contribution < -0.4 is 10.1 Å². The van der Waals surface area contributed by atoms with Gasteiger partial charge in [-0.25, -0.2) is 4.79 Å². The molecule has 1 atom stereocenters. The maximum absolute atomic E-state index is 11.6. The minimum atomic E-state index is -0.278. The maximum atomic E-state index is 11.6. The summed E-state index contributed by atoms with van der Waals surface area (Å²) in [7, 11) is 0. The average molecular weight is 311 g/mol. The first-order chi connectivity index (χ1) is 11.3. The fourth-order valence-corrected chi connectivity index (χ4v) is 2.88. The Bertz CT molecular complexity index is 729. The number of benzene rings is 2. The summed E-state index contributed by atoms with van der Waals surface area (Å²) in [6.45, 7) is 1.93. The second-order valence-corrected chi connectivity index (χ2v) is 5.70. The van der Waals surface area contributed by atoms with Crippen LogP contribution in [0.1, 0.15) is 21.5 Å². The predicted octanol–water partition coefficient (Wildman–Crippen LogP) is 2.75. The number of anilines is 1. The number of hydrogen-bond donors (Lipinski definition) is 1. The summed E-state index contributed by atoms with van der Waals surface area (Å²) in [5.41, 5.74) is 3.48. The monoisotopic (exact) mass is 311 g/mol. The van der Waals surface area contributed by atoms with E-state index in [1.165, 1.54) is 0 Å². The topological polar surface area (TPSA) is 56.8 Å². The molecule has 0 saturated carbocycles. The first kappa shape index (κ1) is 14.1. The molecule has 0 aliphatic carbocycles. The number of hydrogen-bond acceptors (Lipinski definition) is 5. The van der Waals surface area contributed by atoms with Crippen molar-refractivity contribution < 1.29 is 19.0 Å². The highest BCUT2D eigenvalue weighted by atomic mass is 16.5. The third-order valence-corrected chi connectivity index (χ3v) is 4.05. The zero-order chi connectivity index (χ0) is 15.6. The van der Waals surface area contributed by atoms with E-state index < -0.39 is 0 Å². The van der Waals surface area contributed by atoms with E-state index >= 15 is 0 Å².